The number of phenolic OH excluding ortho intramolecular Hbond substituents is 1. The summed E-state index contributed by atoms with van der Waals surface area (Å²) >= 11 is 0. The minimum atomic E-state index is -0.163. The lowest BCUT2D eigenvalue weighted by Gasteiger charge is -2.50. The molecule has 1 saturated heterocycles. The van der Waals surface area contributed by atoms with Crippen LogP contribution in [0, 0.1) is 12.3 Å². The third-order valence-electron chi connectivity index (χ3n) is 7.95. The van der Waals surface area contributed by atoms with Crippen LogP contribution in [0.2, 0.25) is 0 Å². The van der Waals surface area contributed by atoms with Crippen molar-refractivity contribution in [3.8, 4) is 5.75 Å². The molecule has 3 aliphatic rings. The predicted molar refractivity (Wildman–Crippen MR) is 118 cm³/mol. The summed E-state index contributed by atoms with van der Waals surface area (Å²) in [7, 11) is 2.17. The number of hydrogen-bond donors (Lipinski definition) is 1. The van der Waals surface area contributed by atoms with Gasteiger partial charge in [0.25, 0.3) is 5.91 Å². The van der Waals surface area contributed by atoms with Crippen LogP contribution in [0.25, 0.3) is 0 Å². The van der Waals surface area contributed by atoms with Gasteiger partial charge in [-0.2, -0.15) is 0 Å². The first-order valence-electron chi connectivity index (χ1n) is 11.3. The van der Waals surface area contributed by atoms with Crippen LogP contribution < -0.4 is 0 Å². The van der Waals surface area contributed by atoms with Crippen molar-refractivity contribution in [3.05, 3.63) is 52.8 Å². The highest BCUT2D eigenvalue weighted by Gasteiger charge is 2.49. The molecule has 0 atom stereocenters. The fourth-order valence-electron chi connectivity index (χ4n) is 5.39. The summed E-state index contributed by atoms with van der Waals surface area (Å²) in [6.45, 7) is 6.99. The number of phenols is 1. The maximum absolute atomic E-state index is 13.1. The van der Waals surface area contributed by atoms with Gasteiger partial charge in [0, 0.05) is 42.9 Å². The number of hydrogen-bond acceptors (Lipinski definition) is 4. The molecule has 3 heterocycles. The number of ketones is 1. The number of fused-ring (bicyclic) bond motifs is 2. The quantitative estimate of drug-likeness (QED) is 0.770. The number of likely N-dealkylation sites (N-methyl/N-ethyl adjacent to an activating group) is 1. The number of aryl methyl sites for hydroxylation is 1. The molecule has 1 saturated carbocycles. The van der Waals surface area contributed by atoms with E-state index in [9.17, 15) is 14.7 Å². The second kappa shape index (κ2) is 6.95. The largest absolute Gasteiger partial charge is 0.508 e. The van der Waals surface area contributed by atoms with E-state index in [1.165, 1.54) is 5.69 Å². The average molecular weight is 422 g/mol. The van der Waals surface area contributed by atoms with Crippen molar-refractivity contribution in [2.45, 2.75) is 51.6 Å². The van der Waals surface area contributed by atoms with Crippen molar-refractivity contribution in [1.29, 1.82) is 0 Å². The molecule has 2 fully saturated rings. The predicted octanol–water partition coefficient (Wildman–Crippen LogP) is 3.56. The first-order chi connectivity index (χ1) is 14.7. The number of piperidine rings is 1. The molecular weight excluding hydrogens is 390 g/mol. The van der Waals surface area contributed by atoms with E-state index in [1.54, 1.807) is 18.2 Å². The molecule has 0 radical (unpaired) electrons. The zero-order valence-corrected chi connectivity index (χ0v) is 18.6. The monoisotopic (exact) mass is 421 g/mol. The maximum Gasteiger partial charge on any atom is 0.253 e. The van der Waals surface area contributed by atoms with Crippen molar-refractivity contribution in [2.75, 3.05) is 26.7 Å². The van der Waals surface area contributed by atoms with E-state index in [0.717, 1.165) is 44.5 Å². The summed E-state index contributed by atoms with van der Waals surface area (Å²) in [4.78, 5) is 30.5. The lowest BCUT2D eigenvalue weighted by molar-refractivity contribution is 0.0127. The Hall–Kier alpha value is -2.60. The van der Waals surface area contributed by atoms with Gasteiger partial charge in [0.15, 0.2) is 5.78 Å². The fraction of sp³-hybridized carbons (Fsp3) is 0.520. The molecule has 6 heteroatoms. The Morgan fingerprint density at radius 1 is 0.968 bits per heavy atom. The fourth-order valence-corrected chi connectivity index (χ4v) is 5.39. The van der Waals surface area contributed by atoms with Crippen LogP contribution in [-0.2, 0) is 12.1 Å². The second-order valence-electron chi connectivity index (χ2n) is 9.89. The second-order valence-corrected chi connectivity index (χ2v) is 9.89. The van der Waals surface area contributed by atoms with Crippen molar-refractivity contribution in [3.63, 3.8) is 0 Å². The number of aromatic hydroxyl groups is 1. The van der Waals surface area contributed by atoms with Gasteiger partial charge in [0.1, 0.15) is 5.75 Å². The number of carbonyl (C=O) groups is 2. The topological polar surface area (TPSA) is 65.8 Å². The summed E-state index contributed by atoms with van der Waals surface area (Å²) < 4.78 is 2.26. The number of nitrogens with zero attached hydrogens (tertiary/aromatic N) is 3. The number of Topliss-reactive ketones (excluding diaryl/α,β-unsaturated/α-hetero) is 1. The van der Waals surface area contributed by atoms with Crippen LogP contribution in [-0.4, -0.2) is 57.8 Å². The van der Waals surface area contributed by atoms with Crippen LogP contribution >= 0.6 is 0 Å². The zero-order valence-electron chi connectivity index (χ0n) is 18.6. The molecule has 0 bridgehead atoms. The summed E-state index contributed by atoms with van der Waals surface area (Å²) in [6, 6.07) is 9.22. The number of carbonyl (C=O) groups excluding carboxylic acids is 2. The van der Waals surface area contributed by atoms with E-state index in [-0.39, 0.29) is 28.4 Å². The van der Waals surface area contributed by atoms with Gasteiger partial charge >= 0.3 is 0 Å². The van der Waals surface area contributed by atoms with Crippen molar-refractivity contribution >= 4 is 11.7 Å². The van der Waals surface area contributed by atoms with Crippen molar-refractivity contribution < 1.29 is 14.7 Å². The first kappa shape index (κ1) is 20.3. The molecule has 0 unspecified atom stereocenters. The van der Waals surface area contributed by atoms with E-state index < -0.39 is 0 Å². The lowest BCUT2D eigenvalue weighted by atomic mass is 9.81. The van der Waals surface area contributed by atoms with E-state index in [0.29, 0.717) is 24.2 Å². The molecule has 164 valence electrons. The van der Waals surface area contributed by atoms with E-state index in [2.05, 4.69) is 29.5 Å². The van der Waals surface area contributed by atoms with Crippen molar-refractivity contribution in [2.24, 2.45) is 5.41 Å². The van der Waals surface area contributed by atoms with Gasteiger partial charge in [-0.25, -0.2) is 0 Å². The first-order valence-corrected chi connectivity index (χ1v) is 11.3. The molecular formula is C25H31N3O3. The van der Waals surface area contributed by atoms with Gasteiger partial charge < -0.3 is 14.6 Å². The molecule has 31 heavy (non-hydrogen) atoms. The Morgan fingerprint density at radius 3 is 2.32 bits per heavy atom. The Morgan fingerprint density at radius 2 is 1.68 bits per heavy atom. The molecule has 2 aromatic rings. The summed E-state index contributed by atoms with van der Waals surface area (Å²) in [5, 5.41) is 9.76. The third-order valence-corrected chi connectivity index (χ3v) is 7.95. The number of amides is 1. The van der Waals surface area contributed by atoms with Gasteiger partial charge in [0.05, 0.1) is 11.2 Å². The number of rotatable bonds is 3. The van der Waals surface area contributed by atoms with Crippen molar-refractivity contribution in [1.82, 2.24) is 14.4 Å². The van der Waals surface area contributed by atoms with Crippen LogP contribution in [0.5, 0.6) is 5.75 Å². The smallest absolute Gasteiger partial charge is 0.253 e. The van der Waals surface area contributed by atoms with Crippen LogP contribution in [0.1, 0.15) is 64.7 Å². The SMILES string of the molecule is Cc1cc(C(=O)N2CCC3(CC2)c2ccc(C(=O)C4(C)CC4)n2CCN3C)ccc1O. The normalized spacial score (nSPS) is 21.7. The van der Waals surface area contributed by atoms with E-state index in [1.807, 2.05) is 17.9 Å². The average Bonchev–Trinajstić information content (AvgIpc) is 3.37. The highest BCUT2D eigenvalue weighted by atomic mass is 16.3. The minimum absolute atomic E-state index is 0.0179. The zero-order chi connectivity index (χ0) is 22.0. The third kappa shape index (κ3) is 3.11. The Bertz CT molecular complexity index is 1060. The van der Waals surface area contributed by atoms with Gasteiger partial charge in [-0.3, -0.25) is 14.5 Å². The summed E-state index contributed by atoms with van der Waals surface area (Å²) in [5.41, 5.74) is 3.12. The Balaban J connectivity index is 1.38. The van der Waals surface area contributed by atoms with E-state index >= 15 is 0 Å². The number of likely N-dealkylation sites (tertiary alicyclic amines) is 1. The molecule has 1 amide bonds. The molecule has 1 aliphatic carbocycles. The van der Waals surface area contributed by atoms with Gasteiger partial charge in [-0.15, -0.1) is 0 Å². The van der Waals surface area contributed by atoms with Gasteiger partial charge in [-0.05, 0) is 75.5 Å². The standard InChI is InChI=1S/C25H31N3O3/c1-17-16-18(4-6-20(17)29)23(31)27-12-10-25(11-13-27)21-7-5-19(22(30)24(2)8-9-24)28(21)15-14-26(25)3/h4-7,16,29H,8-15H2,1-3H3. The molecule has 6 nitrogen and oxygen atoms in total. The van der Waals surface area contributed by atoms with Crippen LogP contribution in [0.15, 0.2) is 30.3 Å². The number of benzene rings is 1. The summed E-state index contributed by atoms with van der Waals surface area (Å²) in [6.07, 6.45) is 3.68. The lowest BCUT2D eigenvalue weighted by Crippen LogP contribution is -2.56. The molecule has 1 aromatic heterocycles. The molecule has 1 spiro atoms. The Labute approximate surface area is 183 Å². The van der Waals surface area contributed by atoms with Gasteiger partial charge in [-0.1, -0.05) is 6.92 Å². The minimum Gasteiger partial charge on any atom is -0.508 e. The van der Waals surface area contributed by atoms with Crippen LogP contribution in [0.3, 0.4) is 0 Å². The summed E-state index contributed by atoms with van der Waals surface area (Å²) in [5.74, 6) is 0.516. The van der Waals surface area contributed by atoms with E-state index in [4.69, 9.17) is 0 Å². The highest BCUT2D eigenvalue weighted by molar-refractivity contribution is 6.01. The highest BCUT2D eigenvalue weighted by Crippen LogP contribution is 2.49. The molecule has 5 rings (SSSR count). The number of aromatic nitrogens is 1. The maximum atomic E-state index is 13.1. The Kier molecular flexibility index (Phi) is 4.56. The van der Waals surface area contributed by atoms with Gasteiger partial charge in [0.2, 0.25) is 0 Å². The molecule has 1 aromatic carbocycles. The molecule has 2 aliphatic heterocycles. The molecule has 1 N–H and O–H groups in total. The van der Waals surface area contributed by atoms with Crippen LogP contribution in [0.4, 0.5) is 0 Å².